The van der Waals surface area contributed by atoms with Crippen molar-refractivity contribution >= 4 is 29.7 Å². The molecular weight excluding hydrogens is 476 g/mol. The fourth-order valence-corrected chi connectivity index (χ4v) is 2.99. The molecule has 35 heavy (non-hydrogen) atoms. The monoisotopic (exact) mass is 498 g/mol. The summed E-state index contributed by atoms with van der Waals surface area (Å²) in [5, 5.41) is 4.47. The number of carbonyl (C=O) groups is 2. The summed E-state index contributed by atoms with van der Waals surface area (Å²) < 4.78 is 26.5. The second kappa shape index (κ2) is 12.3. The molecule has 182 valence electrons. The maximum Gasteiger partial charge on any atom is 0.343 e. The van der Waals surface area contributed by atoms with Crippen LogP contribution in [-0.2, 0) is 4.79 Å². The summed E-state index contributed by atoms with van der Waals surface area (Å²) in [6, 6.07) is 16.2. The summed E-state index contributed by atoms with van der Waals surface area (Å²) in [7, 11) is 4.43. The van der Waals surface area contributed by atoms with Gasteiger partial charge in [0.2, 0.25) is 0 Å². The number of amides is 1. The second-order valence-electron chi connectivity index (χ2n) is 6.91. The van der Waals surface area contributed by atoms with Crippen molar-refractivity contribution in [2.45, 2.75) is 0 Å². The van der Waals surface area contributed by atoms with Gasteiger partial charge in [-0.05, 0) is 66.2 Å². The van der Waals surface area contributed by atoms with E-state index in [1.54, 1.807) is 54.6 Å². The summed E-state index contributed by atoms with van der Waals surface area (Å²) >= 11 is 5.81. The number of esters is 1. The van der Waals surface area contributed by atoms with Crippen LogP contribution in [0.2, 0.25) is 5.02 Å². The number of methoxy groups -OCH3 is 3. The summed E-state index contributed by atoms with van der Waals surface area (Å²) in [5.74, 6) is 0.888. The fraction of sp³-hybridized carbons (Fsp3) is 0.160. The third-order valence-corrected chi connectivity index (χ3v) is 4.85. The molecular formula is C25H23ClN2O7. The average molecular weight is 499 g/mol. The fourth-order valence-electron chi connectivity index (χ4n) is 2.86. The smallest absolute Gasteiger partial charge is 0.343 e. The number of hydrazone groups is 1. The lowest BCUT2D eigenvalue weighted by atomic mass is 10.2. The van der Waals surface area contributed by atoms with Gasteiger partial charge in [-0.15, -0.1) is 0 Å². The summed E-state index contributed by atoms with van der Waals surface area (Å²) in [5.41, 5.74) is 3.25. The molecule has 0 aliphatic heterocycles. The van der Waals surface area contributed by atoms with Crippen molar-refractivity contribution < 1.29 is 33.3 Å². The van der Waals surface area contributed by atoms with Gasteiger partial charge in [0.15, 0.2) is 29.6 Å². The van der Waals surface area contributed by atoms with Crippen molar-refractivity contribution in [3.8, 4) is 28.7 Å². The number of ether oxygens (including phenoxy) is 5. The van der Waals surface area contributed by atoms with E-state index in [1.807, 2.05) is 0 Å². The number of benzene rings is 3. The molecule has 0 aliphatic rings. The van der Waals surface area contributed by atoms with Crippen LogP contribution < -0.4 is 29.1 Å². The quantitative estimate of drug-likeness (QED) is 0.194. The predicted octanol–water partition coefficient (Wildman–Crippen LogP) is 4.11. The Balaban J connectivity index is 1.59. The van der Waals surface area contributed by atoms with Gasteiger partial charge in [-0.2, -0.15) is 5.10 Å². The number of carbonyl (C=O) groups excluding carboxylic acids is 2. The predicted molar refractivity (Wildman–Crippen MR) is 130 cm³/mol. The first-order valence-electron chi connectivity index (χ1n) is 10.3. The summed E-state index contributed by atoms with van der Waals surface area (Å²) in [4.78, 5) is 24.5. The van der Waals surface area contributed by atoms with Crippen LogP contribution in [0.15, 0.2) is 65.8 Å². The number of hydrogen-bond donors (Lipinski definition) is 1. The molecule has 0 atom stereocenters. The van der Waals surface area contributed by atoms with E-state index in [9.17, 15) is 9.59 Å². The van der Waals surface area contributed by atoms with E-state index in [0.29, 0.717) is 33.6 Å². The summed E-state index contributed by atoms with van der Waals surface area (Å²) in [6.07, 6.45) is 1.42. The highest BCUT2D eigenvalue weighted by atomic mass is 35.5. The van der Waals surface area contributed by atoms with Crippen molar-refractivity contribution in [3.63, 3.8) is 0 Å². The lowest BCUT2D eigenvalue weighted by Crippen LogP contribution is -2.24. The molecule has 0 radical (unpaired) electrons. The molecule has 9 nitrogen and oxygen atoms in total. The zero-order chi connectivity index (χ0) is 25.2. The Hall–Kier alpha value is -4.24. The van der Waals surface area contributed by atoms with Crippen molar-refractivity contribution in [1.82, 2.24) is 5.43 Å². The number of halogens is 1. The van der Waals surface area contributed by atoms with Crippen LogP contribution in [0, 0.1) is 0 Å². The molecule has 3 aromatic rings. The van der Waals surface area contributed by atoms with Gasteiger partial charge in [0.1, 0.15) is 5.75 Å². The number of nitrogens with zero attached hydrogens (tertiary/aromatic N) is 1. The van der Waals surface area contributed by atoms with E-state index in [1.165, 1.54) is 33.6 Å². The Morgan fingerprint density at radius 2 is 1.51 bits per heavy atom. The molecule has 1 N–H and O–H groups in total. The maximum absolute atomic E-state index is 12.6. The van der Waals surface area contributed by atoms with Gasteiger partial charge in [0.05, 0.1) is 33.1 Å². The van der Waals surface area contributed by atoms with E-state index >= 15 is 0 Å². The maximum atomic E-state index is 12.6. The molecule has 3 rings (SSSR count). The lowest BCUT2D eigenvalue weighted by Gasteiger charge is -2.11. The zero-order valence-corrected chi connectivity index (χ0v) is 20.0. The van der Waals surface area contributed by atoms with Crippen molar-refractivity contribution in [3.05, 3.63) is 76.8 Å². The van der Waals surface area contributed by atoms with Gasteiger partial charge in [-0.3, -0.25) is 4.79 Å². The Bertz CT molecular complexity index is 1210. The van der Waals surface area contributed by atoms with E-state index in [4.69, 9.17) is 35.3 Å². The molecule has 0 saturated carbocycles. The van der Waals surface area contributed by atoms with Gasteiger partial charge < -0.3 is 23.7 Å². The summed E-state index contributed by atoms with van der Waals surface area (Å²) in [6.45, 7) is -0.215. The van der Waals surface area contributed by atoms with Gasteiger partial charge in [-0.25, -0.2) is 10.2 Å². The zero-order valence-electron chi connectivity index (χ0n) is 19.2. The molecule has 1 amide bonds. The first-order valence-corrected chi connectivity index (χ1v) is 10.6. The Labute approximate surface area is 207 Å². The van der Waals surface area contributed by atoms with Gasteiger partial charge in [0.25, 0.3) is 5.91 Å². The molecule has 0 fully saturated rings. The van der Waals surface area contributed by atoms with Gasteiger partial charge in [-0.1, -0.05) is 11.6 Å². The van der Waals surface area contributed by atoms with E-state index in [0.717, 1.165) is 0 Å². The van der Waals surface area contributed by atoms with Crippen LogP contribution in [0.25, 0.3) is 0 Å². The van der Waals surface area contributed by atoms with E-state index in [-0.39, 0.29) is 17.9 Å². The Morgan fingerprint density at radius 1 is 0.857 bits per heavy atom. The molecule has 0 unspecified atom stereocenters. The van der Waals surface area contributed by atoms with Crippen LogP contribution >= 0.6 is 11.6 Å². The minimum atomic E-state index is -0.598. The Kier molecular flexibility index (Phi) is 8.91. The van der Waals surface area contributed by atoms with Crippen molar-refractivity contribution in [1.29, 1.82) is 0 Å². The van der Waals surface area contributed by atoms with E-state index in [2.05, 4.69) is 10.5 Å². The number of rotatable bonds is 10. The van der Waals surface area contributed by atoms with Crippen LogP contribution in [0.3, 0.4) is 0 Å². The molecule has 10 heteroatoms. The minimum absolute atomic E-state index is 0.213. The average Bonchev–Trinajstić information content (AvgIpc) is 2.88. The number of hydrogen-bond acceptors (Lipinski definition) is 8. The minimum Gasteiger partial charge on any atom is -0.493 e. The van der Waals surface area contributed by atoms with Crippen molar-refractivity contribution in [2.24, 2.45) is 5.10 Å². The standard InChI is InChI=1S/C25H23ClN2O7/c1-31-20-11-5-17(13-23(20)33-3)25(30)35-21-10-4-16(12-22(21)32-2)14-27-28-24(29)15-34-19-8-6-18(26)7-9-19/h4-14H,15H2,1-3H3,(H,28,29). The van der Waals surface area contributed by atoms with Crippen LogP contribution in [0.1, 0.15) is 15.9 Å². The highest BCUT2D eigenvalue weighted by Crippen LogP contribution is 2.31. The highest BCUT2D eigenvalue weighted by Gasteiger charge is 2.15. The SMILES string of the molecule is COc1ccc(C(=O)Oc2ccc(C=NNC(=O)COc3ccc(Cl)cc3)cc2OC)cc1OC. The van der Waals surface area contributed by atoms with Gasteiger partial charge in [0, 0.05) is 5.02 Å². The van der Waals surface area contributed by atoms with Gasteiger partial charge >= 0.3 is 5.97 Å². The van der Waals surface area contributed by atoms with Crippen LogP contribution in [-0.4, -0.2) is 46.0 Å². The molecule has 0 bridgehead atoms. The lowest BCUT2D eigenvalue weighted by molar-refractivity contribution is -0.123. The molecule has 0 spiro atoms. The molecule has 0 heterocycles. The largest absolute Gasteiger partial charge is 0.493 e. The Morgan fingerprint density at radius 3 is 2.20 bits per heavy atom. The molecule has 0 aromatic heterocycles. The van der Waals surface area contributed by atoms with Crippen LogP contribution in [0.4, 0.5) is 0 Å². The molecule has 0 saturated heterocycles. The molecule has 3 aromatic carbocycles. The highest BCUT2D eigenvalue weighted by molar-refractivity contribution is 6.30. The van der Waals surface area contributed by atoms with Crippen LogP contribution in [0.5, 0.6) is 28.7 Å². The number of nitrogens with one attached hydrogen (secondary N) is 1. The molecule has 0 aliphatic carbocycles. The topological polar surface area (TPSA) is 105 Å². The van der Waals surface area contributed by atoms with E-state index < -0.39 is 11.9 Å². The van der Waals surface area contributed by atoms with Crippen molar-refractivity contribution in [2.75, 3.05) is 27.9 Å². The normalized spacial score (nSPS) is 10.5. The second-order valence-corrected chi connectivity index (χ2v) is 7.34. The third-order valence-electron chi connectivity index (χ3n) is 4.60. The first-order chi connectivity index (χ1) is 16.9. The third kappa shape index (κ3) is 7.12. The first kappa shape index (κ1) is 25.4.